The normalized spacial score (nSPS) is 16.3. The smallest absolute Gasteiger partial charge is 0.410 e. The number of unbranched alkanes of at least 4 members (excludes halogenated alkanes) is 4. The van der Waals surface area contributed by atoms with E-state index in [1.165, 1.54) is 18.2 Å². The highest BCUT2D eigenvalue weighted by atomic mass is 16.7. The van der Waals surface area contributed by atoms with E-state index in [0.29, 0.717) is 57.5 Å². The summed E-state index contributed by atoms with van der Waals surface area (Å²) >= 11 is 0. The predicted octanol–water partition coefficient (Wildman–Crippen LogP) is 7.95. The molecule has 3 amide bonds. The van der Waals surface area contributed by atoms with Crippen molar-refractivity contribution >= 4 is 29.2 Å². The summed E-state index contributed by atoms with van der Waals surface area (Å²) in [6.45, 7) is 7.78. The van der Waals surface area contributed by atoms with Crippen LogP contribution in [0.3, 0.4) is 0 Å². The Hall–Kier alpha value is -4.72. The van der Waals surface area contributed by atoms with Crippen molar-refractivity contribution in [1.29, 1.82) is 0 Å². The van der Waals surface area contributed by atoms with Gasteiger partial charge in [0.05, 0.1) is 24.7 Å². The standard InChI is InChI=1S/C37H46N4O9/c1-37(2)48-26-29-22-28(15-16-33(29)50-37)34-24-40(36(43)49-34)17-6-4-3-5-7-18-46-19-10-20-47-25-27-11-8-12-30(21-27)38-35(42)39-31-13-9-14-32(23-31)41(44)45/h8-9,11-16,21-23,34H,3-7,10,17-20,24-26H2,1-2H3,(H2,38,39,42). The number of cyclic esters (lactones) is 1. The first-order valence-corrected chi connectivity index (χ1v) is 17.1. The summed E-state index contributed by atoms with van der Waals surface area (Å²) in [5.74, 6) is 0.169. The van der Waals surface area contributed by atoms with Crippen molar-refractivity contribution in [2.75, 3.05) is 43.5 Å². The largest absolute Gasteiger partial charge is 0.463 e. The fraction of sp³-hybridized carbons (Fsp3) is 0.459. The lowest BCUT2D eigenvalue weighted by Crippen LogP contribution is -2.35. The van der Waals surface area contributed by atoms with Crippen LogP contribution in [0.4, 0.5) is 26.7 Å². The fourth-order valence-electron chi connectivity index (χ4n) is 5.74. The van der Waals surface area contributed by atoms with Crippen molar-refractivity contribution in [3.8, 4) is 5.75 Å². The number of nitro benzene ring substituents is 1. The molecule has 1 unspecified atom stereocenters. The van der Waals surface area contributed by atoms with E-state index < -0.39 is 16.7 Å². The summed E-state index contributed by atoms with van der Waals surface area (Å²) in [7, 11) is 0. The molecule has 0 saturated carbocycles. The number of nitrogens with zero attached hydrogens (tertiary/aromatic N) is 2. The lowest BCUT2D eigenvalue weighted by atomic mass is 10.0. The number of non-ortho nitro benzene ring substituents is 1. The maximum absolute atomic E-state index is 12.5. The fourth-order valence-corrected chi connectivity index (χ4v) is 5.74. The van der Waals surface area contributed by atoms with Gasteiger partial charge in [-0.3, -0.25) is 10.1 Å². The van der Waals surface area contributed by atoms with Crippen molar-refractivity contribution in [3.63, 3.8) is 0 Å². The van der Waals surface area contributed by atoms with Crippen molar-refractivity contribution in [2.24, 2.45) is 0 Å². The van der Waals surface area contributed by atoms with Gasteiger partial charge in [-0.25, -0.2) is 9.59 Å². The average molecular weight is 691 g/mol. The molecule has 1 atom stereocenters. The lowest BCUT2D eigenvalue weighted by molar-refractivity contribution is -0.384. The van der Waals surface area contributed by atoms with Crippen molar-refractivity contribution in [1.82, 2.24) is 4.90 Å². The maximum Gasteiger partial charge on any atom is 0.410 e. The number of urea groups is 1. The number of rotatable bonds is 18. The molecule has 2 aliphatic rings. The number of anilines is 2. The molecule has 3 aromatic carbocycles. The highest BCUT2D eigenvalue weighted by Crippen LogP contribution is 2.35. The Morgan fingerprint density at radius 2 is 1.64 bits per heavy atom. The Bertz CT molecular complexity index is 1620. The number of carbonyl (C=O) groups is 2. The van der Waals surface area contributed by atoms with Gasteiger partial charge in [0.15, 0.2) is 0 Å². The third-order valence-corrected chi connectivity index (χ3v) is 8.34. The summed E-state index contributed by atoms with van der Waals surface area (Å²) in [5, 5.41) is 16.3. The Labute approximate surface area is 292 Å². The van der Waals surface area contributed by atoms with E-state index in [1.54, 1.807) is 17.0 Å². The Balaban J connectivity index is 0.860. The number of nitro groups is 1. The molecule has 0 aromatic heterocycles. The minimum atomic E-state index is -0.641. The van der Waals surface area contributed by atoms with Gasteiger partial charge in [-0.15, -0.1) is 0 Å². The van der Waals surface area contributed by atoms with Crippen LogP contribution in [-0.4, -0.2) is 60.6 Å². The molecular formula is C37H46N4O9. The van der Waals surface area contributed by atoms with Crippen LogP contribution < -0.4 is 15.4 Å². The van der Waals surface area contributed by atoms with Crippen LogP contribution in [0, 0.1) is 10.1 Å². The number of amides is 3. The first kappa shape index (κ1) is 36.6. The molecule has 0 spiro atoms. The number of fused-ring (bicyclic) bond motifs is 1. The summed E-state index contributed by atoms with van der Waals surface area (Å²) in [6, 6.07) is 18.5. The Morgan fingerprint density at radius 3 is 2.46 bits per heavy atom. The van der Waals surface area contributed by atoms with E-state index in [1.807, 2.05) is 50.2 Å². The zero-order chi connectivity index (χ0) is 35.3. The van der Waals surface area contributed by atoms with E-state index in [-0.39, 0.29) is 17.9 Å². The second-order valence-corrected chi connectivity index (χ2v) is 12.8. The van der Waals surface area contributed by atoms with Gasteiger partial charge in [0.1, 0.15) is 11.9 Å². The molecule has 0 aliphatic carbocycles. The quantitative estimate of drug-likeness (QED) is 0.0770. The molecule has 1 fully saturated rings. The number of carbonyl (C=O) groups excluding carboxylic acids is 2. The first-order valence-electron chi connectivity index (χ1n) is 17.1. The van der Waals surface area contributed by atoms with Gasteiger partial charge in [0.2, 0.25) is 5.79 Å². The maximum atomic E-state index is 12.5. The van der Waals surface area contributed by atoms with E-state index in [2.05, 4.69) is 10.6 Å². The Morgan fingerprint density at radius 1 is 0.920 bits per heavy atom. The highest BCUT2D eigenvalue weighted by molar-refractivity contribution is 5.99. The molecule has 50 heavy (non-hydrogen) atoms. The van der Waals surface area contributed by atoms with Crippen LogP contribution in [-0.2, 0) is 32.2 Å². The number of nitrogens with one attached hydrogen (secondary N) is 2. The number of benzene rings is 3. The minimum absolute atomic E-state index is 0.0996. The zero-order valence-electron chi connectivity index (χ0n) is 28.7. The molecule has 2 aliphatic heterocycles. The third-order valence-electron chi connectivity index (χ3n) is 8.34. The van der Waals surface area contributed by atoms with Crippen LogP contribution in [0.25, 0.3) is 0 Å². The van der Waals surface area contributed by atoms with E-state index in [4.69, 9.17) is 23.7 Å². The minimum Gasteiger partial charge on any atom is -0.463 e. The molecule has 1 saturated heterocycles. The third kappa shape index (κ3) is 11.2. The molecule has 0 bridgehead atoms. The molecule has 0 radical (unpaired) electrons. The summed E-state index contributed by atoms with van der Waals surface area (Å²) in [4.78, 5) is 37.0. The second-order valence-electron chi connectivity index (χ2n) is 12.8. The molecule has 3 aromatic rings. The van der Waals surface area contributed by atoms with Crippen molar-refractivity contribution in [3.05, 3.63) is 93.5 Å². The number of ether oxygens (including phenoxy) is 5. The SMILES string of the molecule is CC1(C)OCc2cc(C3CN(CCCCCCCOCCCOCc4cccc(NC(=O)Nc5cccc([N+](=O)[O-])c5)c4)C(=O)O3)ccc2O1. The molecule has 268 valence electrons. The summed E-state index contributed by atoms with van der Waals surface area (Å²) in [6.07, 6.45) is 5.38. The van der Waals surface area contributed by atoms with E-state index in [9.17, 15) is 19.7 Å². The second kappa shape index (κ2) is 17.8. The average Bonchev–Trinajstić information content (AvgIpc) is 3.46. The molecule has 13 heteroatoms. The number of hydrogen-bond donors (Lipinski definition) is 2. The Kier molecular flexibility index (Phi) is 13.0. The first-order chi connectivity index (χ1) is 24.1. The number of hydrogen-bond acceptors (Lipinski definition) is 9. The van der Waals surface area contributed by atoms with Crippen LogP contribution in [0.5, 0.6) is 5.75 Å². The van der Waals surface area contributed by atoms with Crippen LogP contribution in [0.2, 0.25) is 0 Å². The van der Waals surface area contributed by atoms with Crippen molar-refractivity contribution in [2.45, 2.75) is 77.5 Å². The topological polar surface area (TPSA) is 151 Å². The highest BCUT2D eigenvalue weighted by Gasteiger charge is 2.33. The van der Waals surface area contributed by atoms with Gasteiger partial charge >= 0.3 is 12.1 Å². The monoisotopic (exact) mass is 690 g/mol. The zero-order valence-corrected chi connectivity index (χ0v) is 28.7. The molecule has 2 N–H and O–H groups in total. The van der Waals surface area contributed by atoms with Gasteiger partial charge in [-0.1, -0.05) is 43.5 Å². The summed E-state index contributed by atoms with van der Waals surface area (Å²) < 4.78 is 28.8. The van der Waals surface area contributed by atoms with Crippen LogP contribution in [0.1, 0.15) is 75.2 Å². The summed E-state index contributed by atoms with van der Waals surface area (Å²) in [5.41, 5.74) is 3.65. The van der Waals surface area contributed by atoms with Crippen LogP contribution >= 0.6 is 0 Å². The molecular weight excluding hydrogens is 644 g/mol. The van der Waals surface area contributed by atoms with Gasteiger partial charge in [-0.2, -0.15) is 0 Å². The lowest BCUT2D eigenvalue weighted by Gasteiger charge is -2.32. The van der Waals surface area contributed by atoms with Gasteiger partial charge in [0.25, 0.3) is 5.69 Å². The van der Waals surface area contributed by atoms with Crippen molar-refractivity contribution < 1.29 is 38.2 Å². The molecule has 13 nitrogen and oxygen atoms in total. The van der Waals surface area contributed by atoms with Gasteiger partial charge in [-0.05, 0) is 60.7 Å². The van der Waals surface area contributed by atoms with Crippen LogP contribution in [0.15, 0.2) is 66.7 Å². The van der Waals surface area contributed by atoms with E-state index >= 15 is 0 Å². The van der Waals surface area contributed by atoms with Gasteiger partial charge < -0.3 is 39.2 Å². The molecule has 5 rings (SSSR count). The van der Waals surface area contributed by atoms with E-state index in [0.717, 1.165) is 61.0 Å². The predicted molar refractivity (Wildman–Crippen MR) is 187 cm³/mol. The molecule has 2 heterocycles. The van der Waals surface area contributed by atoms with Gasteiger partial charge in [0, 0.05) is 69.3 Å².